The van der Waals surface area contributed by atoms with E-state index in [0.717, 1.165) is 11.8 Å². The average molecular weight is 244 g/mol. The van der Waals surface area contributed by atoms with E-state index in [-0.39, 0.29) is 24.0 Å². The maximum absolute atomic E-state index is 11.2. The van der Waals surface area contributed by atoms with Gasteiger partial charge in [0.05, 0.1) is 18.1 Å². The number of carbonyl (C=O) groups excluding carboxylic acids is 1. The summed E-state index contributed by atoms with van der Waals surface area (Å²) >= 11 is 1.05. The van der Waals surface area contributed by atoms with Gasteiger partial charge in [0.2, 0.25) is 5.91 Å². The number of hydrogen-bond acceptors (Lipinski definition) is 5. The number of aryl methyl sites for hydroxylation is 1. The van der Waals surface area contributed by atoms with E-state index >= 15 is 0 Å². The minimum absolute atomic E-state index is 0.0741. The van der Waals surface area contributed by atoms with Crippen LogP contribution >= 0.6 is 11.8 Å². The van der Waals surface area contributed by atoms with Crippen LogP contribution in [0.2, 0.25) is 0 Å². The van der Waals surface area contributed by atoms with Crippen LogP contribution in [-0.2, 0) is 23.2 Å². The Morgan fingerprint density at radius 1 is 1.56 bits per heavy atom. The normalized spacial score (nSPS) is 10.1. The summed E-state index contributed by atoms with van der Waals surface area (Å²) in [5.74, 6) is -0.573. The van der Waals surface area contributed by atoms with Crippen LogP contribution in [0.25, 0.3) is 0 Å². The molecular weight excluding hydrogens is 232 g/mol. The van der Waals surface area contributed by atoms with Crippen LogP contribution in [-0.4, -0.2) is 43.3 Å². The van der Waals surface area contributed by atoms with Crippen LogP contribution in [0.1, 0.15) is 5.82 Å². The number of nitrogens with zero attached hydrogens (tertiary/aromatic N) is 3. The lowest BCUT2D eigenvalue weighted by Crippen LogP contribution is -2.25. The molecule has 0 spiro atoms. The Hall–Kier alpha value is -1.57. The minimum Gasteiger partial charge on any atom is -0.481 e. The second-order valence-corrected chi connectivity index (χ2v) is 3.98. The lowest BCUT2D eigenvalue weighted by molar-refractivity contribution is -0.133. The summed E-state index contributed by atoms with van der Waals surface area (Å²) in [6.45, 7) is 0.257. The number of aliphatic carboxylic acids is 1. The number of carbonyl (C=O) groups is 2. The number of carboxylic acids is 1. The highest BCUT2D eigenvalue weighted by molar-refractivity contribution is 8.00. The summed E-state index contributed by atoms with van der Waals surface area (Å²) in [7, 11) is 1.74. The van der Waals surface area contributed by atoms with Crippen molar-refractivity contribution in [2.45, 2.75) is 6.54 Å². The van der Waals surface area contributed by atoms with Crippen molar-refractivity contribution in [1.82, 2.24) is 20.1 Å². The summed E-state index contributed by atoms with van der Waals surface area (Å²) in [5, 5.41) is 14.9. The minimum atomic E-state index is -0.927. The van der Waals surface area contributed by atoms with Gasteiger partial charge in [0.15, 0.2) is 5.82 Å². The largest absolute Gasteiger partial charge is 0.481 e. The highest BCUT2D eigenvalue weighted by atomic mass is 32.2. The maximum Gasteiger partial charge on any atom is 0.313 e. The first-order valence-electron chi connectivity index (χ1n) is 4.48. The van der Waals surface area contributed by atoms with Gasteiger partial charge in [-0.1, -0.05) is 0 Å². The summed E-state index contributed by atoms with van der Waals surface area (Å²) in [5.41, 5.74) is 0. The van der Waals surface area contributed by atoms with E-state index in [4.69, 9.17) is 5.11 Å². The van der Waals surface area contributed by atoms with E-state index in [9.17, 15) is 9.59 Å². The number of thioether (sulfide) groups is 1. The van der Waals surface area contributed by atoms with Crippen LogP contribution < -0.4 is 5.32 Å². The Morgan fingerprint density at radius 3 is 2.88 bits per heavy atom. The Kier molecular flexibility index (Phi) is 4.77. The lowest BCUT2D eigenvalue weighted by atomic mass is 10.5. The van der Waals surface area contributed by atoms with Crippen molar-refractivity contribution >= 4 is 23.6 Å². The Bertz CT molecular complexity index is 379. The molecule has 1 heterocycles. The van der Waals surface area contributed by atoms with Gasteiger partial charge >= 0.3 is 5.97 Å². The standard InChI is InChI=1S/C8H12N4O3S/c1-12-5-10-6(11-12)2-9-7(13)3-16-4-8(14)15/h5H,2-4H2,1H3,(H,9,13)(H,14,15). The summed E-state index contributed by atoms with van der Waals surface area (Å²) in [6, 6.07) is 0. The van der Waals surface area contributed by atoms with Crippen molar-refractivity contribution in [3.05, 3.63) is 12.2 Å². The van der Waals surface area contributed by atoms with E-state index in [2.05, 4.69) is 15.4 Å². The SMILES string of the molecule is Cn1cnc(CNC(=O)CSCC(=O)O)n1. The molecule has 0 saturated carbocycles. The zero-order chi connectivity index (χ0) is 12.0. The number of hydrogen-bond donors (Lipinski definition) is 2. The first-order chi connectivity index (χ1) is 7.58. The molecule has 0 aliphatic rings. The molecule has 88 valence electrons. The molecule has 1 rings (SSSR count). The van der Waals surface area contributed by atoms with E-state index in [1.165, 1.54) is 0 Å². The Balaban J connectivity index is 2.17. The number of amides is 1. The van der Waals surface area contributed by atoms with Crippen LogP contribution in [0.3, 0.4) is 0 Å². The quantitative estimate of drug-likeness (QED) is 0.683. The summed E-state index contributed by atoms with van der Waals surface area (Å²) in [4.78, 5) is 25.3. The molecule has 8 heteroatoms. The third-order valence-corrected chi connectivity index (χ3v) is 2.47. The zero-order valence-electron chi connectivity index (χ0n) is 8.71. The van der Waals surface area contributed by atoms with E-state index in [1.54, 1.807) is 18.1 Å². The first-order valence-corrected chi connectivity index (χ1v) is 5.64. The second kappa shape index (κ2) is 6.11. The van der Waals surface area contributed by atoms with Gasteiger partial charge in [-0.05, 0) is 0 Å². The number of nitrogens with one attached hydrogen (secondary N) is 1. The van der Waals surface area contributed by atoms with Crippen LogP contribution in [0.4, 0.5) is 0 Å². The number of rotatable bonds is 6. The molecule has 1 amide bonds. The molecule has 0 aromatic carbocycles. The summed E-state index contributed by atoms with van der Waals surface area (Å²) in [6.07, 6.45) is 1.54. The van der Waals surface area contributed by atoms with Gasteiger partial charge in [-0.3, -0.25) is 14.3 Å². The molecular formula is C8H12N4O3S. The van der Waals surface area contributed by atoms with E-state index in [1.807, 2.05) is 0 Å². The van der Waals surface area contributed by atoms with Gasteiger partial charge < -0.3 is 10.4 Å². The molecule has 0 aliphatic carbocycles. The molecule has 1 aromatic heterocycles. The van der Waals surface area contributed by atoms with Crippen molar-refractivity contribution in [2.75, 3.05) is 11.5 Å². The van der Waals surface area contributed by atoms with E-state index < -0.39 is 5.97 Å². The third kappa shape index (κ3) is 4.78. The third-order valence-electron chi connectivity index (χ3n) is 1.55. The predicted octanol–water partition coefficient (Wildman–Crippen LogP) is -0.751. The molecule has 0 unspecified atom stereocenters. The molecule has 0 radical (unpaired) electrons. The molecule has 7 nitrogen and oxygen atoms in total. The Morgan fingerprint density at radius 2 is 2.31 bits per heavy atom. The number of carboxylic acid groups (broad SMARTS) is 1. The van der Waals surface area contributed by atoms with Crippen molar-refractivity contribution in [1.29, 1.82) is 0 Å². The molecule has 0 aliphatic heterocycles. The molecule has 2 N–H and O–H groups in total. The van der Waals surface area contributed by atoms with Crippen molar-refractivity contribution in [3.63, 3.8) is 0 Å². The van der Waals surface area contributed by atoms with Gasteiger partial charge in [-0.2, -0.15) is 5.10 Å². The van der Waals surface area contributed by atoms with E-state index in [0.29, 0.717) is 5.82 Å². The van der Waals surface area contributed by atoms with Gasteiger partial charge in [0.1, 0.15) is 6.33 Å². The Labute approximate surface area is 96.2 Å². The highest BCUT2D eigenvalue weighted by Crippen LogP contribution is 1.98. The monoisotopic (exact) mass is 244 g/mol. The first kappa shape index (κ1) is 12.5. The maximum atomic E-state index is 11.2. The smallest absolute Gasteiger partial charge is 0.313 e. The molecule has 0 bridgehead atoms. The fraction of sp³-hybridized carbons (Fsp3) is 0.500. The van der Waals surface area contributed by atoms with Gasteiger partial charge in [0, 0.05) is 7.05 Å². The lowest BCUT2D eigenvalue weighted by Gasteiger charge is -2.01. The van der Waals surface area contributed by atoms with Crippen LogP contribution in [0.15, 0.2) is 6.33 Å². The number of aromatic nitrogens is 3. The molecule has 16 heavy (non-hydrogen) atoms. The van der Waals surface area contributed by atoms with Crippen molar-refractivity contribution in [3.8, 4) is 0 Å². The molecule has 0 fully saturated rings. The molecule has 0 atom stereocenters. The van der Waals surface area contributed by atoms with Gasteiger partial charge in [0.25, 0.3) is 0 Å². The fourth-order valence-corrected chi connectivity index (χ4v) is 1.49. The topological polar surface area (TPSA) is 97.1 Å². The predicted molar refractivity (Wildman–Crippen MR) is 57.8 cm³/mol. The van der Waals surface area contributed by atoms with Gasteiger partial charge in [-0.15, -0.1) is 11.8 Å². The van der Waals surface area contributed by atoms with Crippen LogP contribution in [0.5, 0.6) is 0 Å². The average Bonchev–Trinajstić information content (AvgIpc) is 2.61. The molecule has 1 aromatic rings. The van der Waals surface area contributed by atoms with Crippen LogP contribution in [0, 0.1) is 0 Å². The highest BCUT2D eigenvalue weighted by Gasteiger charge is 2.05. The second-order valence-electron chi connectivity index (χ2n) is 3.00. The van der Waals surface area contributed by atoms with Crippen molar-refractivity contribution in [2.24, 2.45) is 7.05 Å². The molecule has 0 saturated heterocycles. The van der Waals surface area contributed by atoms with Gasteiger partial charge in [-0.25, -0.2) is 4.98 Å². The zero-order valence-corrected chi connectivity index (χ0v) is 9.53. The summed E-state index contributed by atoms with van der Waals surface area (Å²) < 4.78 is 1.54. The fourth-order valence-electron chi connectivity index (χ4n) is 0.925. The van der Waals surface area contributed by atoms with Crippen molar-refractivity contribution < 1.29 is 14.7 Å².